The van der Waals surface area contributed by atoms with Crippen molar-refractivity contribution in [2.24, 2.45) is 0 Å². The van der Waals surface area contributed by atoms with E-state index in [1.807, 2.05) is 0 Å². The highest BCUT2D eigenvalue weighted by atomic mass is 32.2. The molecule has 8 nitrogen and oxygen atoms in total. The number of carbonyl (C=O) groups is 1. The second-order valence-corrected chi connectivity index (χ2v) is 9.54. The minimum Gasteiger partial charge on any atom is -0.480 e. The number of carboxylic acids is 1. The van der Waals surface area contributed by atoms with Crippen molar-refractivity contribution in [3.8, 4) is 0 Å². The molecule has 1 saturated heterocycles. The summed E-state index contributed by atoms with van der Waals surface area (Å²) in [6, 6.07) is 3.74. The summed E-state index contributed by atoms with van der Waals surface area (Å²) in [6.07, 6.45) is 2.18. The molecule has 1 atom stereocenters. The number of rotatable bonds is 8. The fourth-order valence-corrected chi connectivity index (χ4v) is 5.56. The number of hydrogen-bond donors (Lipinski definition) is 2. The highest BCUT2D eigenvalue weighted by molar-refractivity contribution is 7.90. The zero-order valence-corrected chi connectivity index (χ0v) is 15.5. The van der Waals surface area contributed by atoms with Gasteiger partial charge in [-0.2, -0.15) is 9.03 Å². The van der Waals surface area contributed by atoms with E-state index < -0.39 is 32.1 Å². The molecule has 0 spiro atoms. The van der Waals surface area contributed by atoms with Crippen molar-refractivity contribution >= 4 is 26.0 Å². The molecule has 0 saturated carbocycles. The van der Waals surface area contributed by atoms with Gasteiger partial charge in [0.15, 0.2) is 0 Å². The van der Waals surface area contributed by atoms with Gasteiger partial charge in [0, 0.05) is 13.1 Å². The summed E-state index contributed by atoms with van der Waals surface area (Å²) < 4.78 is 53.5. The van der Waals surface area contributed by atoms with Gasteiger partial charge in [0.1, 0.15) is 6.04 Å². The Kier molecular flexibility index (Phi) is 6.20. The van der Waals surface area contributed by atoms with Crippen LogP contribution in [0.1, 0.15) is 32.6 Å². The molecule has 10 heteroatoms. The van der Waals surface area contributed by atoms with Crippen LogP contribution in [0.3, 0.4) is 0 Å². The molecule has 2 N–H and O–H groups in total. The van der Waals surface area contributed by atoms with Crippen LogP contribution < -0.4 is 4.72 Å². The number of carboxylic acid groups (broad SMARTS) is 1. The summed E-state index contributed by atoms with van der Waals surface area (Å²) in [5, 5.41) is 9.11. The molecule has 1 aliphatic heterocycles. The predicted octanol–water partition coefficient (Wildman–Crippen LogP) is 1.00. The maximum absolute atomic E-state index is 12.6. The molecule has 25 heavy (non-hydrogen) atoms. The van der Waals surface area contributed by atoms with Gasteiger partial charge in [0.2, 0.25) is 20.0 Å². The van der Waals surface area contributed by atoms with Gasteiger partial charge in [-0.3, -0.25) is 4.79 Å². The molecule has 0 radical (unpaired) electrons. The fraction of sp³-hybridized carbons (Fsp3) is 0.533. The van der Waals surface area contributed by atoms with Gasteiger partial charge in [0.05, 0.1) is 9.79 Å². The van der Waals surface area contributed by atoms with Crippen LogP contribution in [-0.2, 0) is 24.8 Å². The number of nitrogens with one attached hydrogen (secondary N) is 1. The Balaban J connectivity index is 2.32. The largest absolute Gasteiger partial charge is 0.480 e. The lowest BCUT2D eigenvalue weighted by atomic mass is 10.2. The van der Waals surface area contributed by atoms with Gasteiger partial charge in [-0.25, -0.2) is 16.8 Å². The topological polar surface area (TPSA) is 121 Å². The first-order valence-corrected chi connectivity index (χ1v) is 11.0. The molecular weight excluding hydrogens is 368 g/mol. The number of nitrogens with zero attached hydrogens (tertiary/aromatic N) is 1. The summed E-state index contributed by atoms with van der Waals surface area (Å²) in [6.45, 7) is 2.57. The quantitative estimate of drug-likeness (QED) is 0.683. The fourth-order valence-electron chi connectivity index (χ4n) is 2.66. The zero-order valence-electron chi connectivity index (χ0n) is 13.9. The molecule has 2 rings (SSSR count). The van der Waals surface area contributed by atoms with E-state index in [9.17, 15) is 21.6 Å². The predicted molar refractivity (Wildman–Crippen MR) is 91.1 cm³/mol. The second-order valence-electron chi connectivity index (χ2n) is 5.89. The van der Waals surface area contributed by atoms with Crippen LogP contribution in [0, 0.1) is 0 Å². The molecule has 0 amide bonds. The molecule has 0 aliphatic carbocycles. The minimum absolute atomic E-state index is 0.111. The Morgan fingerprint density at radius 3 is 2.36 bits per heavy atom. The van der Waals surface area contributed by atoms with Crippen LogP contribution >= 0.6 is 0 Å². The van der Waals surface area contributed by atoms with Gasteiger partial charge >= 0.3 is 5.97 Å². The van der Waals surface area contributed by atoms with Gasteiger partial charge in [-0.05, 0) is 37.5 Å². The molecule has 1 fully saturated rings. The lowest BCUT2D eigenvalue weighted by Gasteiger charge is -2.17. The Bertz CT molecular complexity index is 829. The summed E-state index contributed by atoms with van der Waals surface area (Å²) >= 11 is 0. The molecule has 1 heterocycles. The Hall–Kier alpha value is -1.49. The minimum atomic E-state index is -4.15. The molecule has 1 aliphatic rings. The Morgan fingerprint density at radius 1 is 1.20 bits per heavy atom. The number of hydrogen-bond acceptors (Lipinski definition) is 5. The van der Waals surface area contributed by atoms with Crippen molar-refractivity contribution in [2.45, 2.75) is 48.4 Å². The van der Waals surface area contributed by atoms with Crippen LogP contribution in [0.25, 0.3) is 0 Å². The summed E-state index contributed by atoms with van der Waals surface area (Å²) in [7, 11) is -7.90. The van der Waals surface area contributed by atoms with Crippen LogP contribution in [0.2, 0.25) is 0 Å². The lowest BCUT2D eigenvalue weighted by molar-refractivity contribution is -0.139. The third-order valence-electron chi connectivity index (χ3n) is 3.99. The van der Waals surface area contributed by atoms with Crippen LogP contribution in [0.5, 0.6) is 0 Å². The third-order valence-corrected chi connectivity index (χ3v) is 7.36. The molecular formula is C15H22N2O6S2. The lowest BCUT2D eigenvalue weighted by Crippen LogP contribution is -2.40. The second kappa shape index (κ2) is 7.81. The number of aliphatic carboxylic acids is 1. The van der Waals surface area contributed by atoms with E-state index in [1.165, 1.54) is 22.5 Å². The first-order chi connectivity index (χ1) is 11.7. The maximum atomic E-state index is 12.6. The van der Waals surface area contributed by atoms with Gasteiger partial charge in [0.25, 0.3) is 0 Å². The van der Waals surface area contributed by atoms with Crippen molar-refractivity contribution in [3.05, 3.63) is 24.3 Å². The standard InChI is InChI=1S/C15H22N2O6S2/c1-2-6-14(15(18)19)16-24(20,21)12-7-5-8-13(11-12)25(22,23)17-9-3-4-10-17/h5,7-8,11,14,16H,2-4,6,9-10H2,1H3,(H,18,19). The highest BCUT2D eigenvalue weighted by Crippen LogP contribution is 2.23. The summed E-state index contributed by atoms with van der Waals surface area (Å²) in [4.78, 5) is 10.8. The first-order valence-electron chi connectivity index (χ1n) is 8.04. The van der Waals surface area contributed by atoms with E-state index in [0.717, 1.165) is 18.9 Å². The van der Waals surface area contributed by atoms with Crippen molar-refractivity contribution in [1.82, 2.24) is 9.03 Å². The van der Waals surface area contributed by atoms with E-state index >= 15 is 0 Å². The smallest absolute Gasteiger partial charge is 0.321 e. The molecule has 0 bridgehead atoms. The van der Waals surface area contributed by atoms with E-state index in [4.69, 9.17) is 5.11 Å². The van der Waals surface area contributed by atoms with Gasteiger partial charge in [-0.15, -0.1) is 0 Å². The van der Waals surface area contributed by atoms with Crippen LogP contribution in [0.4, 0.5) is 0 Å². The summed E-state index contributed by atoms with van der Waals surface area (Å²) in [5.74, 6) is -1.27. The van der Waals surface area contributed by atoms with Crippen molar-refractivity contribution < 1.29 is 26.7 Å². The van der Waals surface area contributed by atoms with E-state index in [2.05, 4.69) is 4.72 Å². The molecule has 1 aromatic rings. The summed E-state index contributed by atoms with van der Waals surface area (Å²) in [5.41, 5.74) is 0. The Labute approximate surface area is 147 Å². The van der Waals surface area contributed by atoms with E-state index in [0.29, 0.717) is 19.5 Å². The molecule has 0 aromatic heterocycles. The van der Waals surface area contributed by atoms with E-state index in [-0.39, 0.29) is 16.2 Å². The number of sulfonamides is 2. The van der Waals surface area contributed by atoms with Crippen LogP contribution in [0.15, 0.2) is 34.1 Å². The number of benzene rings is 1. The molecule has 1 unspecified atom stereocenters. The van der Waals surface area contributed by atoms with Crippen molar-refractivity contribution in [2.75, 3.05) is 13.1 Å². The normalized spacial score (nSPS) is 17.5. The first kappa shape index (κ1) is 19.8. The molecule has 140 valence electrons. The SMILES string of the molecule is CCCC(NS(=O)(=O)c1cccc(S(=O)(=O)N2CCCC2)c1)C(=O)O. The van der Waals surface area contributed by atoms with Crippen molar-refractivity contribution in [3.63, 3.8) is 0 Å². The van der Waals surface area contributed by atoms with Gasteiger partial charge in [-0.1, -0.05) is 19.4 Å². The van der Waals surface area contributed by atoms with E-state index in [1.54, 1.807) is 6.92 Å². The maximum Gasteiger partial charge on any atom is 0.321 e. The Morgan fingerprint density at radius 2 is 1.80 bits per heavy atom. The van der Waals surface area contributed by atoms with Crippen LogP contribution in [-0.4, -0.2) is 51.3 Å². The van der Waals surface area contributed by atoms with Gasteiger partial charge < -0.3 is 5.11 Å². The molecule has 1 aromatic carbocycles. The monoisotopic (exact) mass is 390 g/mol. The highest BCUT2D eigenvalue weighted by Gasteiger charge is 2.29. The average molecular weight is 390 g/mol. The zero-order chi connectivity index (χ0) is 18.7. The van der Waals surface area contributed by atoms with Crippen molar-refractivity contribution in [1.29, 1.82) is 0 Å². The third kappa shape index (κ3) is 4.57. The average Bonchev–Trinajstić information content (AvgIpc) is 3.09.